The summed E-state index contributed by atoms with van der Waals surface area (Å²) < 4.78 is 37.1. The number of nitrogens with zero attached hydrogens (tertiary/aromatic N) is 2. The quantitative estimate of drug-likeness (QED) is 0.666. The van der Waals surface area contributed by atoms with Gasteiger partial charge in [0, 0.05) is 44.4 Å². The Labute approximate surface area is 199 Å². The fraction of sp³-hybridized carbons (Fsp3) is 0.417. The molecule has 9 nitrogen and oxygen atoms in total. The fourth-order valence-electron chi connectivity index (χ4n) is 4.23. The number of amides is 2. The standard InChI is InChI=1S/C24H29N3O6S/c1-16-12-20-21(33-15-23(28)25-20)14-22(16)34(30,31)17(2)13-24(29)27-10-8-26(9-11-27)18-4-6-19(32-3)7-5-18/h4-7,12,14,17H,8-11,13,15H2,1-3H3,(H,25,28)/t17-/m0/s1. The minimum Gasteiger partial charge on any atom is -0.497 e. The minimum absolute atomic E-state index is 0.0982. The van der Waals surface area contributed by atoms with Crippen molar-refractivity contribution in [3.8, 4) is 11.5 Å². The van der Waals surface area contributed by atoms with E-state index >= 15 is 0 Å². The number of ether oxygens (including phenoxy) is 2. The van der Waals surface area contributed by atoms with E-state index in [9.17, 15) is 18.0 Å². The van der Waals surface area contributed by atoms with Crippen molar-refractivity contribution in [1.29, 1.82) is 0 Å². The van der Waals surface area contributed by atoms with Gasteiger partial charge in [-0.25, -0.2) is 8.42 Å². The molecule has 182 valence electrons. The summed E-state index contributed by atoms with van der Waals surface area (Å²) in [5, 5.41) is 1.78. The van der Waals surface area contributed by atoms with Crippen molar-refractivity contribution >= 4 is 33.0 Å². The number of sulfone groups is 1. The molecule has 1 atom stereocenters. The van der Waals surface area contributed by atoms with Gasteiger partial charge in [0.05, 0.1) is 22.9 Å². The van der Waals surface area contributed by atoms with Gasteiger partial charge in [-0.1, -0.05) is 0 Å². The van der Waals surface area contributed by atoms with Crippen LogP contribution in [0.25, 0.3) is 0 Å². The Morgan fingerprint density at radius 1 is 1.15 bits per heavy atom. The van der Waals surface area contributed by atoms with Gasteiger partial charge in [-0.05, 0) is 49.7 Å². The lowest BCUT2D eigenvalue weighted by Crippen LogP contribution is -2.49. The number of rotatable bonds is 6. The molecular formula is C24H29N3O6S. The van der Waals surface area contributed by atoms with E-state index in [1.807, 2.05) is 24.3 Å². The largest absolute Gasteiger partial charge is 0.497 e. The number of benzene rings is 2. The molecule has 2 aliphatic rings. The molecule has 0 radical (unpaired) electrons. The molecule has 2 aliphatic heterocycles. The number of carbonyl (C=O) groups is 2. The molecule has 1 saturated heterocycles. The monoisotopic (exact) mass is 487 g/mol. The van der Waals surface area contributed by atoms with Crippen molar-refractivity contribution in [2.45, 2.75) is 30.4 Å². The van der Waals surface area contributed by atoms with E-state index in [1.165, 1.54) is 6.07 Å². The Morgan fingerprint density at radius 2 is 1.82 bits per heavy atom. The van der Waals surface area contributed by atoms with Crippen molar-refractivity contribution in [3.63, 3.8) is 0 Å². The summed E-state index contributed by atoms with van der Waals surface area (Å²) >= 11 is 0. The van der Waals surface area contributed by atoms with E-state index in [0.29, 0.717) is 43.2 Å². The molecule has 0 unspecified atom stereocenters. The maximum atomic E-state index is 13.3. The highest BCUT2D eigenvalue weighted by atomic mass is 32.2. The summed E-state index contributed by atoms with van der Waals surface area (Å²) in [5.74, 6) is 0.647. The highest BCUT2D eigenvalue weighted by Crippen LogP contribution is 2.34. The number of hydrogen-bond donors (Lipinski definition) is 1. The number of nitrogens with one attached hydrogen (secondary N) is 1. The molecule has 2 heterocycles. The SMILES string of the molecule is COc1ccc(N2CCN(C(=O)C[C@H](C)S(=O)(=O)c3cc4c(cc3C)NC(=O)CO4)CC2)cc1. The second-order valence-corrected chi connectivity index (χ2v) is 10.9. The first-order valence-electron chi connectivity index (χ1n) is 11.2. The van der Waals surface area contributed by atoms with Crippen LogP contribution in [0.4, 0.5) is 11.4 Å². The van der Waals surface area contributed by atoms with Crippen LogP contribution in [0.2, 0.25) is 0 Å². The fourth-order valence-corrected chi connectivity index (χ4v) is 5.81. The second kappa shape index (κ2) is 9.54. The summed E-state index contributed by atoms with van der Waals surface area (Å²) in [6.07, 6.45) is -0.0982. The van der Waals surface area contributed by atoms with E-state index in [4.69, 9.17) is 9.47 Å². The van der Waals surface area contributed by atoms with Gasteiger partial charge in [-0.15, -0.1) is 0 Å². The summed E-state index contributed by atoms with van der Waals surface area (Å²) in [7, 11) is -2.15. The molecule has 0 bridgehead atoms. The molecular weight excluding hydrogens is 458 g/mol. The van der Waals surface area contributed by atoms with Crippen LogP contribution in [-0.2, 0) is 19.4 Å². The molecule has 2 aromatic carbocycles. The molecule has 34 heavy (non-hydrogen) atoms. The zero-order valence-electron chi connectivity index (χ0n) is 19.5. The van der Waals surface area contributed by atoms with Gasteiger partial charge < -0.3 is 24.6 Å². The Kier molecular flexibility index (Phi) is 6.70. The lowest BCUT2D eigenvalue weighted by atomic mass is 10.2. The predicted molar refractivity (Wildman–Crippen MR) is 128 cm³/mol. The van der Waals surface area contributed by atoms with Gasteiger partial charge in [0.2, 0.25) is 5.91 Å². The summed E-state index contributed by atoms with van der Waals surface area (Å²) in [4.78, 5) is 28.5. The zero-order valence-corrected chi connectivity index (χ0v) is 20.4. The average Bonchev–Trinajstić information content (AvgIpc) is 2.83. The molecule has 0 aromatic heterocycles. The molecule has 0 spiro atoms. The third-order valence-corrected chi connectivity index (χ3v) is 8.56. The van der Waals surface area contributed by atoms with E-state index < -0.39 is 15.1 Å². The molecule has 2 aromatic rings. The first-order valence-corrected chi connectivity index (χ1v) is 12.7. The van der Waals surface area contributed by atoms with Crippen LogP contribution in [0.3, 0.4) is 0 Å². The van der Waals surface area contributed by atoms with Gasteiger partial charge in [0.15, 0.2) is 16.4 Å². The van der Waals surface area contributed by atoms with Gasteiger partial charge in [0.1, 0.15) is 11.5 Å². The Morgan fingerprint density at radius 3 is 2.47 bits per heavy atom. The number of anilines is 2. The van der Waals surface area contributed by atoms with Crippen LogP contribution in [0.15, 0.2) is 41.3 Å². The van der Waals surface area contributed by atoms with E-state index in [2.05, 4.69) is 10.2 Å². The molecule has 2 amide bonds. The highest BCUT2D eigenvalue weighted by Gasteiger charge is 2.31. The molecule has 1 fully saturated rings. The van der Waals surface area contributed by atoms with Crippen molar-refractivity contribution in [2.24, 2.45) is 0 Å². The van der Waals surface area contributed by atoms with Crippen LogP contribution in [0.1, 0.15) is 18.9 Å². The summed E-state index contributed by atoms with van der Waals surface area (Å²) in [6, 6.07) is 10.8. The first kappa shape index (κ1) is 23.9. The Balaban J connectivity index is 1.39. The summed E-state index contributed by atoms with van der Waals surface area (Å²) in [6.45, 7) is 5.47. The maximum Gasteiger partial charge on any atom is 0.262 e. The van der Waals surface area contributed by atoms with Crippen molar-refractivity contribution in [2.75, 3.05) is 50.1 Å². The van der Waals surface area contributed by atoms with Crippen LogP contribution in [0.5, 0.6) is 11.5 Å². The van der Waals surface area contributed by atoms with Crippen molar-refractivity contribution in [1.82, 2.24) is 4.90 Å². The smallest absolute Gasteiger partial charge is 0.262 e. The molecule has 1 N–H and O–H groups in total. The van der Waals surface area contributed by atoms with Crippen LogP contribution in [-0.4, -0.2) is 70.3 Å². The first-order chi connectivity index (χ1) is 16.2. The summed E-state index contributed by atoms with van der Waals surface area (Å²) in [5.41, 5.74) is 2.01. The third kappa shape index (κ3) is 4.82. The minimum atomic E-state index is -3.77. The Bertz CT molecular complexity index is 1190. The van der Waals surface area contributed by atoms with Crippen molar-refractivity contribution in [3.05, 3.63) is 42.0 Å². The van der Waals surface area contributed by atoms with Gasteiger partial charge in [0.25, 0.3) is 5.91 Å². The maximum absolute atomic E-state index is 13.3. The lowest BCUT2D eigenvalue weighted by molar-refractivity contribution is -0.131. The molecule has 10 heteroatoms. The number of carbonyl (C=O) groups excluding carboxylic acids is 2. The number of hydrogen-bond acceptors (Lipinski definition) is 7. The van der Waals surface area contributed by atoms with E-state index in [-0.39, 0.29) is 29.7 Å². The number of aryl methyl sites for hydroxylation is 1. The van der Waals surface area contributed by atoms with Crippen LogP contribution < -0.4 is 19.7 Å². The second-order valence-electron chi connectivity index (χ2n) is 8.58. The van der Waals surface area contributed by atoms with Gasteiger partial charge in [-0.2, -0.15) is 0 Å². The topological polar surface area (TPSA) is 105 Å². The van der Waals surface area contributed by atoms with Crippen LogP contribution >= 0.6 is 0 Å². The number of piperazine rings is 1. The van der Waals surface area contributed by atoms with Crippen molar-refractivity contribution < 1.29 is 27.5 Å². The third-order valence-electron chi connectivity index (χ3n) is 6.28. The number of fused-ring (bicyclic) bond motifs is 1. The normalized spacial score (nSPS) is 16.9. The Hall–Kier alpha value is -3.27. The predicted octanol–water partition coefficient (Wildman–Crippen LogP) is 2.24. The van der Waals surface area contributed by atoms with E-state index in [0.717, 1.165) is 11.4 Å². The highest BCUT2D eigenvalue weighted by molar-refractivity contribution is 7.92. The van der Waals surface area contributed by atoms with Crippen LogP contribution in [0, 0.1) is 6.92 Å². The number of methoxy groups -OCH3 is 1. The molecule has 0 saturated carbocycles. The molecule has 4 rings (SSSR count). The zero-order chi connectivity index (χ0) is 24.5. The van der Waals surface area contributed by atoms with Gasteiger partial charge in [-0.3, -0.25) is 9.59 Å². The van der Waals surface area contributed by atoms with E-state index in [1.54, 1.807) is 31.9 Å². The average molecular weight is 488 g/mol. The van der Waals surface area contributed by atoms with Gasteiger partial charge >= 0.3 is 0 Å². The molecule has 0 aliphatic carbocycles. The lowest BCUT2D eigenvalue weighted by Gasteiger charge is -2.36.